The molecule has 2 aromatic rings. The standard InChI is InChI=1S/C21H29NO4/c1-5-25-20(21(23)24)14-17-7-9-18(10-8-17)26-13-12-22-16(4)6-11-19(22)15(2)3/h6-11,15,20H,5,12-14H2,1-4H3,(H,23,24). The smallest absolute Gasteiger partial charge is 0.333 e. The van der Waals surface area contributed by atoms with Gasteiger partial charge in [0.25, 0.3) is 0 Å². The summed E-state index contributed by atoms with van der Waals surface area (Å²) in [6, 6.07) is 11.9. The molecular weight excluding hydrogens is 330 g/mol. The summed E-state index contributed by atoms with van der Waals surface area (Å²) in [4.78, 5) is 11.2. The van der Waals surface area contributed by atoms with E-state index in [0.717, 1.165) is 17.9 Å². The average molecular weight is 359 g/mol. The summed E-state index contributed by atoms with van der Waals surface area (Å²) in [5.41, 5.74) is 3.47. The lowest BCUT2D eigenvalue weighted by Gasteiger charge is -2.15. The summed E-state index contributed by atoms with van der Waals surface area (Å²) in [6.45, 7) is 10.1. The van der Waals surface area contributed by atoms with Gasteiger partial charge in [-0.2, -0.15) is 0 Å². The Hall–Kier alpha value is -2.27. The van der Waals surface area contributed by atoms with Crippen molar-refractivity contribution in [1.29, 1.82) is 0 Å². The van der Waals surface area contributed by atoms with E-state index in [1.54, 1.807) is 6.92 Å². The Balaban J connectivity index is 1.90. The van der Waals surface area contributed by atoms with Crippen molar-refractivity contribution in [2.45, 2.75) is 52.7 Å². The molecule has 1 N–H and O–H groups in total. The fraction of sp³-hybridized carbons (Fsp3) is 0.476. The summed E-state index contributed by atoms with van der Waals surface area (Å²) in [7, 11) is 0. The van der Waals surface area contributed by atoms with Gasteiger partial charge in [-0.05, 0) is 49.6 Å². The predicted octanol–water partition coefficient (Wildman–Crippen LogP) is 4.03. The minimum absolute atomic E-state index is 0.351. The first-order chi connectivity index (χ1) is 12.4. The lowest BCUT2D eigenvalue weighted by atomic mass is 10.1. The van der Waals surface area contributed by atoms with Crippen LogP contribution in [0.3, 0.4) is 0 Å². The number of nitrogens with zero attached hydrogens (tertiary/aromatic N) is 1. The molecule has 5 heteroatoms. The number of carboxylic acids is 1. The fourth-order valence-corrected chi connectivity index (χ4v) is 3.01. The molecule has 0 saturated heterocycles. The van der Waals surface area contributed by atoms with Gasteiger partial charge in [-0.3, -0.25) is 0 Å². The molecule has 142 valence electrons. The van der Waals surface area contributed by atoms with Crippen molar-refractivity contribution in [2.75, 3.05) is 13.2 Å². The van der Waals surface area contributed by atoms with E-state index in [1.165, 1.54) is 11.4 Å². The molecule has 0 aliphatic rings. The number of ether oxygens (including phenoxy) is 2. The van der Waals surface area contributed by atoms with Gasteiger partial charge in [-0.1, -0.05) is 26.0 Å². The summed E-state index contributed by atoms with van der Waals surface area (Å²) < 4.78 is 13.4. The highest BCUT2D eigenvalue weighted by atomic mass is 16.5. The SMILES string of the molecule is CCOC(Cc1ccc(OCCn2c(C)ccc2C(C)C)cc1)C(=O)O. The molecule has 1 unspecified atom stereocenters. The second kappa shape index (κ2) is 9.43. The first-order valence-electron chi connectivity index (χ1n) is 9.14. The second-order valence-electron chi connectivity index (χ2n) is 6.68. The predicted molar refractivity (Wildman–Crippen MR) is 102 cm³/mol. The maximum Gasteiger partial charge on any atom is 0.333 e. The van der Waals surface area contributed by atoms with Crippen molar-refractivity contribution in [2.24, 2.45) is 0 Å². The minimum atomic E-state index is -0.935. The Morgan fingerprint density at radius 1 is 1.15 bits per heavy atom. The molecule has 0 spiro atoms. The third-order valence-corrected chi connectivity index (χ3v) is 4.40. The van der Waals surface area contributed by atoms with E-state index in [2.05, 4.69) is 37.5 Å². The molecule has 0 amide bonds. The minimum Gasteiger partial charge on any atom is -0.492 e. The van der Waals surface area contributed by atoms with E-state index in [0.29, 0.717) is 25.6 Å². The number of hydrogen-bond acceptors (Lipinski definition) is 3. The second-order valence-corrected chi connectivity index (χ2v) is 6.68. The van der Waals surface area contributed by atoms with Gasteiger partial charge in [0.05, 0.1) is 6.54 Å². The van der Waals surface area contributed by atoms with Crippen LogP contribution in [0.1, 0.15) is 43.6 Å². The van der Waals surface area contributed by atoms with Crippen LogP contribution in [0, 0.1) is 6.92 Å². The van der Waals surface area contributed by atoms with E-state index in [4.69, 9.17) is 14.6 Å². The molecule has 1 aromatic carbocycles. The lowest BCUT2D eigenvalue weighted by Crippen LogP contribution is -2.26. The fourth-order valence-electron chi connectivity index (χ4n) is 3.01. The van der Waals surface area contributed by atoms with Gasteiger partial charge in [-0.15, -0.1) is 0 Å². The summed E-state index contributed by atoms with van der Waals surface area (Å²) >= 11 is 0. The number of benzene rings is 1. The van der Waals surface area contributed by atoms with Gasteiger partial charge < -0.3 is 19.1 Å². The summed E-state index contributed by atoms with van der Waals surface area (Å²) in [6.07, 6.45) is -0.457. The number of aliphatic carboxylic acids is 1. The molecule has 1 heterocycles. The average Bonchev–Trinajstić information content (AvgIpc) is 2.97. The zero-order valence-corrected chi connectivity index (χ0v) is 16.1. The maximum absolute atomic E-state index is 11.2. The van der Waals surface area contributed by atoms with Gasteiger partial charge in [-0.25, -0.2) is 4.79 Å². The maximum atomic E-state index is 11.2. The molecule has 2 rings (SSSR count). The van der Waals surface area contributed by atoms with Crippen LogP contribution in [0.5, 0.6) is 5.75 Å². The molecule has 5 nitrogen and oxygen atoms in total. The van der Waals surface area contributed by atoms with Gasteiger partial charge >= 0.3 is 5.97 Å². The molecule has 0 bridgehead atoms. The largest absolute Gasteiger partial charge is 0.492 e. The molecule has 1 aromatic heterocycles. The zero-order valence-electron chi connectivity index (χ0n) is 16.1. The third-order valence-electron chi connectivity index (χ3n) is 4.40. The molecule has 0 saturated carbocycles. The quantitative estimate of drug-likeness (QED) is 0.696. The Morgan fingerprint density at radius 2 is 1.85 bits per heavy atom. The molecule has 0 aliphatic carbocycles. The van der Waals surface area contributed by atoms with E-state index in [9.17, 15) is 4.79 Å². The topological polar surface area (TPSA) is 60.7 Å². The van der Waals surface area contributed by atoms with Crippen molar-refractivity contribution in [3.05, 3.63) is 53.3 Å². The van der Waals surface area contributed by atoms with Crippen molar-refractivity contribution in [3.63, 3.8) is 0 Å². The third kappa shape index (κ3) is 5.36. The first kappa shape index (κ1) is 20.0. The lowest BCUT2D eigenvalue weighted by molar-refractivity contribution is -0.149. The highest BCUT2D eigenvalue weighted by Crippen LogP contribution is 2.19. The van der Waals surface area contributed by atoms with Gasteiger partial charge in [0.1, 0.15) is 12.4 Å². The van der Waals surface area contributed by atoms with Crippen LogP contribution >= 0.6 is 0 Å². The van der Waals surface area contributed by atoms with E-state index in [1.807, 2.05) is 24.3 Å². The van der Waals surface area contributed by atoms with E-state index >= 15 is 0 Å². The van der Waals surface area contributed by atoms with Gasteiger partial charge in [0, 0.05) is 24.4 Å². The van der Waals surface area contributed by atoms with Crippen LogP contribution in [0.4, 0.5) is 0 Å². The number of carbonyl (C=O) groups is 1. The Kier molecular flexibility index (Phi) is 7.27. The molecular formula is C21H29NO4. The van der Waals surface area contributed by atoms with Crippen LogP contribution in [-0.2, 0) is 22.5 Å². The highest BCUT2D eigenvalue weighted by molar-refractivity contribution is 5.72. The monoisotopic (exact) mass is 359 g/mol. The number of aromatic nitrogens is 1. The molecule has 0 aliphatic heterocycles. The van der Waals surface area contributed by atoms with E-state index < -0.39 is 12.1 Å². The Bertz CT molecular complexity index is 703. The van der Waals surface area contributed by atoms with Crippen LogP contribution in [0.15, 0.2) is 36.4 Å². The van der Waals surface area contributed by atoms with Crippen molar-refractivity contribution >= 4 is 5.97 Å². The number of aryl methyl sites for hydroxylation is 1. The van der Waals surface area contributed by atoms with Crippen LogP contribution in [0.2, 0.25) is 0 Å². The Morgan fingerprint density at radius 3 is 2.42 bits per heavy atom. The van der Waals surface area contributed by atoms with E-state index in [-0.39, 0.29) is 0 Å². The molecule has 26 heavy (non-hydrogen) atoms. The zero-order chi connectivity index (χ0) is 19.1. The van der Waals surface area contributed by atoms with Gasteiger partial charge in [0.15, 0.2) is 6.10 Å². The van der Waals surface area contributed by atoms with Crippen LogP contribution < -0.4 is 4.74 Å². The normalized spacial score (nSPS) is 12.3. The number of carboxylic acid groups (broad SMARTS) is 1. The van der Waals surface area contributed by atoms with Gasteiger partial charge in [0.2, 0.25) is 0 Å². The summed E-state index contributed by atoms with van der Waals surface area (Å²) in [5.74, 6) is 0.332. The van der Waals surface area contributed by atoms with Crippen LogP contribution in [-0.4, -0.2) is 35.0 Å². The van der Waals surface area contributed by atoms with Crippen LogP contribution in [0.25, 0.3) is 0 Å². The first-order valence-corrected chi connectivity index (χ1v) is 9.14. The number of hydrogen-bond donors (Lipinski definition) is 1. The molecule has 0 fully saturated rings. The summed E-state index contributed by atoms with van der Waals surface area (Å²) in [5, 5.41) is 9.16. The highest BCUT2D eigenvalue weighted by Gasteiger charge is 2.17. The van der Waals surface area contributed by atoms with Crippen molar-refractivity contribution < 1.29 is 19.4 Å². The molecule has 0 radical (unpaired) electrons. The Labute approximate surface area is 155 Å². The van der Waals surface area contributed by atoms with Crippen molar-refractivity contribution in [3.8, 4) is 5.75 Å². The number of rotatable bonds is 10. The molecule has 1 atom stereocenters. The van der Waals surface area contributed by atoms with Crippen molar-refractivity contribution in [1.82, 2.24) is 4.57 Å².